The molecule has 2 rings (SSSR count). The van der Waals surface area contributed by atoms with Crippen LogP contribution in [0.25, 0.3) is 0 Å². The Morgan fingerprint density at radius 2 is 1.79 bits per heavy atom. The SMILES string of the molecule is CC(C)Oc1ccc(C(C)NC(=O)N(C)C(C)c2cccs2)cc1. The van der Waals surface area contributed by atoms with Gasteiger partial charge in [-0.25, -0.2) is 4.79 Å². The van der Waals surface area contributed by atoms with Gasteiger partial charge in [0.15, 0.2) is 0 Å². The molecule has 0 bridgehead atoms. The summed E-state index contributed by atoms with van der Waals surface area (Å²) in [4.78, 5) is 15.4. The quantitative estimate of drug-likeness (QED) is 0.800. The van der Waals surface area contributed by atoms with E-state index in [1.54, 1.807) is 16.2 Å². The van der Waals surface area contributed by atoms with Crippen LogP contribution in [0.2, 0.25) is 0 Å². The molecule has 2 amide bonds. The van der Waals surface area contributed by atoms with Crippen molar-refractivity contribution < 1.29 is 9.53 Å². The highest BCUT2D eigenvalue weighted by Gasteiger charge is 2.20. The Kier molecular flexibility index (Phi) is 6.26. The van der Waals surface area contributed by atoms with Gasteiger partial charge in [-0.15, -0.1) is 11.3 Å². The van der Waals surface area contributed by atoms with E-state index in [0.717, 1.165) is 11.3 Å². The summed E-state index contributed by atoms with van der Waals surface area (Å²) in [6.45, 7) is 8.02. The Bertz CT molecular complexity index is 638. The molecule has 130 valence electrons. The van der Waals surface area contributed by atoms with Crippen molar-refractivity contribution in [3.05, 3.63) is 52.2 Å². The summed E-state index contributed by atoms with van der Waals surface area (Å²) >= 11 is 1.66. The number of nitrogens with zero attached hydrogens (tertiary/aromatic N) is 1. The van der Waals surface area contributed by atoms with Gasteiger partial charge in [-0.05, 0) is 56.8 Å². The maximum atomic E-state index is 12.5. The lowest BCUT2D eigenvalue weighted by Crippen LogP contribution is -2.39. The van der Waals surface area contributed by atoms with Crippen LogP contribution < -0.4 is 10.1 Å². The molecule has 2 atom stereocenters. The maximum absolute atomic E-state index is 12.5. The van der Waals surface area contributed by atoms with E-state index in [-0.39, 0.29) is 24.2 Å². The van der Waals surface area contributed by atoms with Gasteiger partial charge in [0, 0.05) is 11.9 Å². The van der Waals surface area contributed by atoms with E-state index >= 15 is 0 Å². The molecule has 2 unspecified atom stereocenters. The van der Waals surface area contributed by atoms with E-state index in [1.165, 1.54) is 4.88 Å². The minimum Gasteiger partial charge on any atom is -0.491 e. The summed E-state index contributed by atoms with van der Waals surface area (Å²) in [5.74, 6) is 0.843. The summed E-state index contributed by atoms with van der Waals surface area (Å²) in [7, 11) is 1.83. The van der Waals surface area contributed by atoms with Gasteiger partial charge in [0.2, 0.25) is 0 Å². The fraction of sp³-hybridized carbons (Fsp3) is 0.421. The molecule has 24 heavy (non-hydrogen) atoms. The van der Waals surface area contributed by atoms with Crippen molar-refractivity contribution in [1.29, 1.82) is 0 Å². The zero-order valence-electron chi connectivity index (χ0n) is 14.9. The molecular weight excluding hydrogens is 320 g/mol. The Morgan fingerprint density at radius 3 is 2.33 bits per heavy atom. The molecule has 1 N–H and O–H groups in total. The molecule has 0 aliphatic heterocycles. The van der Waals surface area contributed by atoms with Gasteiger partial charge in [0.05, 0.1) is 18.2 Å². The fourth-order valence-corrected chi connectivity index (χ4v) is 3.20. The number of benzene rings is 1. The molecule has 1 aromatic heterocycles. The molecule has 5 heteroatoms. The first-order valence-corrected chi connectivity index (χ1v) is 9.09. The number of hydrogen-bond acceptors (Lipinski definition) is 3. The molecular formula is C19H26N2O2S. The van der Waals surface area contributed by atoms with Crippen molar-refractivity contribution >= 4 is 17.4 Å². The van der Waals surface area contributed by atoms with E-state index in [4.69, 9.17) is 4.74 Å². The van der Waals surface area contributed by atoms with Gasteiger partial charge in [0.1, 0.15) is 5.75 Å². The van der Waals surface area contributed by atoms with E-state index in [2.05, 4.69) is 11.4 Å². The van der Waals surface area contributed by atoms with Crippen LogP contribution in [0.1, 0.15) is 50.2 Å². The standard InChI is InChI=1S/C19H26N2O2S/c1-13(2)23-17-10-8-16(9-11-17)14(3)20-19(22)21(5)15(4)18-7-6-12-24-18/h6-15H,1-5H3,(H,20,22). The van der Waals surface area contributed by atoms with E-state index in [1.807, 2.05) is 70.5 Å². The molecule has 2 aromatic rings. The average Bonchev–Trinajstić information content (AvgIpc) is 3.07. The van der Waals surface area contributed by atoms with Gasteiger partial charge in [-0.3, -0.25) is 0 Å². The van der Waals surface area contributed by atoms with Crippen LogP contribution in [0.15, 0.2) is 41.8 Å². The third-order valence-corrected chi connectivity index (χ3v) is 4.99. The Morgan fingerprint density at radius 1 is 1.12 bits per heavy atom. The number of urea groups is 1. The number of carbonyl (C=O) groups excluding carboxylic acids is 1. The van der Waals surface area contributed by atoms with Gasteiger partial charge < -0.3 is 15.0 Å². The molecule has 1 aromatic carbocycles. The van der Waals surface area contributed by atoms with Gasteiger partial charge >= 0.3 is 6.03 Å². The smallest absolute Gasteiger partial charge is 0.318 e. The molecule has 1 heterocycles. The fourth-order valence-electron chi connectivity index (χ4n) is 2.37. The molecule has 0 aliphatic rings. The predicted molar refractivity (Wildman–Crippen MR) is 99.6 cm³/mol. The van der Waals surface area contributed by atoms with Gasteiger partial charge in [0.25, 0.3) is 0 Å². The predicted octanol–water partition coefficient (Wildman–Crippen LogP) is 5.00. The van der Waals surface area contributed by atoms with Crippen LogP contribution in [-0.4, -0.2) is 24.1 Å². The van der Waals surface area contributed by atoms with Gasteiger partial charge in [-0.2, -0.15) is 0 Å². The zero-order valence-corrected chi connectivity index (χ0v) is 15.8. The Labute approximate surface area is 148 Å². The van der Waals surface area contributed by atoms with Gasteiger partial charge in [-0.1, -0.05) is 18.2 Å². The Balaban J connectivity index is 1.95. The van der Waals surface area contributed by atoms with Crippen molar-refractivity contribution in [2.75, 3.05) is 7.05 Å². The van der Waals surface area contributed by atoms with E-state index < -0.39 is 0 Å². The Hall–Kier alpha value is -2.01. The number of nitrogens with one attached hydrogen (secondary N) is 1. The zero-order chi connectivity index (χ0) is 17.7. The van der Waals surface area contributed by atoms with Crippen molar-refractivity contribution in [2.24, 2.45) is 0 Å². The van der Waals surface area contributed by atoms with Crippen molar-refractivity contribution in [1.82, 2.24) is 10.2 Å². The second-order valence-corrected chi connectivity index (χ2v) is 7.19. The monoisotopic (exact) mass is 346 g/mol. The maximum Gasteiger partial charge on any atom is 0.318 e. The number of carbonyl (C=O) groups is 1. The summed E-state index contributed by atoms with van der Waals surface area (Å²) < 4.78 is 5.65. The van der Waals surface area contributed by atoms with Crippen LogP contribution in [0, 0.1) is 0 Å². The van der Waals surface area contributed by atoms with Crippen LogP contribution >= 0.6 is 11.3 Å². The average molecular weight is 346 g/mol. The summed E-state index contributed by atoms with van der Waals surface area (Å²) in [6, 6.07) is 11.8. The number of thiophene rings is 1. The first-order valence-electron chi connectivity index (χ1n) is 8.21. The lowest BCUT2D eigenvalue weighted by molar-refractivity contribution is 0.192. The molecule has 0 saturated heterocycles. The van der Waals surface area contributed by atoms with Crippen molar-refractivity contribution in [2.45, 2.75) is 45.9 Å². The highest BCUT2D eigenvalue weighted by atomic mass is 32.1. The van der Waals surface area contributed by atoms with Crippen molar-refractivity contribution in [3.63, 3.8) is 0 Å². The minimum atomic E-state index is -0.0779. The number of ether oxygens (including phenoxy) is 1. The second-order valence-electron chi connectivity index (χ2n) is 6.21. The molecule has 0 radical (unpaired) electrons. The molecule has 0 saturated carbocycles. The molecule has 0 spiro atoms. The highest BCUT2D eigenvalue weighted by molar-refractivity contribution is 7.10. The first kappa shape index (κ1) is 18.3. The van der Waals surface area contributed by atoms with Crippen LogP contribution in [-0.2, 0) is 0 Å². The van der Waals surface area contributed by atoms with E-state index in [9.17, 15) is 4.79 Å². The first-order chi connectivity index (χ1) is 11.4. The second kappa shape index (κ2) is 8.20. The van der Waals surface area contributed by atoms with Crippen LogP contribution in [0.4, 0.5) is 4.79 Å². The van der Waals surface area contributed by atoms with Crippen molar-refractivity contribution in [3.8, 4) is 5.75 Å². The molecule has 0 aliphatic carbocycles. The van der Waals surface area contributed by atoms with Crippen LogP contribution in [0.3, 0.4) is 0 Å². The highest BCUT2D eigenvalue weighted by Crippen LogP contribution is 2.24. The summed E-state index contributed by atoms with van der Waals surface area (Å²) in [6.07, 6.45) is 0.153. The van der Waals surface area contributed by atoms with Crippen LogP contribution in [0.5, 0.6) is 5.75 Å². The van der Waals surface area contributed by atoms with E-state index in [0.29, 0.717) is 0 Å². The normalized spacial score (nSPS) is 13.4. The lowest BCUT2D eigenvalue weighted by atomic mass is 10.1. The minimum absolute atomic E-state index is 0.0546. The largest absolute Gasteiger partial charge is 0.491 e. The third kappa shape index (κ3) is 4.74. The molecule has 4 nitrogen and oxygen atoms in total. The summed E-state index contributed by atoms with van der Waals surface area (Å²) in [5.41, 5.74) is 1.05. The number of hydrogen-bond donors (Lipinski definition) is 1. The number of rotatable bonds is 6. The summed E-state index contributed by atoms with van der Waals surface area (Å²) in [5, 5.41) is 5.08. The topological polar surface area (TPSA) is 41.6 Å². The lowest BCUT2D eigenvalue weighted by Gasteiger charge is -2.26. The molecule has 0 fully saturated rings. The third-order valence-electron chi connectivity index (χ3n) is 3.95. The number of amides is 2.